The van der Waals surface area contributed by atoms with Crippen LogP contribution in [0, 0.1) is 0 Å². The fraction of sp³-hybridized carbons (Fsp3) is 0.154. The van der Waals surface area contributed by atoms with E-state index in [-0.39, 0.29) is 0 Å². The van der Waals surface area contributed by atoms with E-state index in [2.05, 4.69) is 15.3 Å². The fourth-order valence-electron chi connectivity index (χ4n) is 2.13. The van der Waals surface area contributed by atoms with Crippen LogP contribution in [0.1, 0.15) is 12.6 Å². The minimum atomic E-state index is 0.489. The molecular weight excluding hydrogens is 226 g/mol. The minimum absolute atomic E-state index is 0.489. The molecule has 5 nitrogen and oxygen atoms in total. The van der Waals surface area contributed by atoms with E-state index >= 15 is 0 Å². The van der Waals surface area contributed by atoms with E-state index in [0.29, 0.717) is 5.82 Å². The van der Waals surface area contributed by atoms with Gasteiger partial charge in [-0.2, -0.15) is 0 Å². The van der Waals surface area contributed by atoms with Gasteiger partial charge in [0.15, 0.2) is 5.82 Å². The Kier molecular flexibility index (Phi) is 2.44. The summed E-state index contributed by atoms with van der Waals surface area (Å²) in [6.45, 7) is 2.04. The summed E-state index contributed by atoms with van der Waals surface area (Å²) in [5.74, 6) is 0.489. The Bertz CT molecular complexity index is 696. The second-order valence-electron chi connectivity index (χ2n) is 4.06. The third-order valence-corrected chi connectivity index (χ3v) is 3.01. The molecule has 2 heterocycles. The molecule has 0 amide bonds. The van der Waals surface area contributed by atoms with Crippen molar-refractivity contribution in [2.75, 3.05) is 5.73 Å². The Morgan fingerprint density at radius 3 is 3.00 bits per heavy atom. The number of hydrogen-bond donors (Lipinski definition) is 1. The van der Waals surface area contributed by atoms with Gasteiger partial charge in [0.05, 0.1) is 11.4 Å². The number of nitrogens with two attached hydrogens (primary N) is 1. The lowest BCUT2D eigenvalue weighted by molar-refractivity contribution is 0.772. The molecule has 3 aromatic rings. The molecule has 5 heteroatoms. The van der Waals surface area contributed by atoms with Crippen LogP contribution in [0.4, 0.5) is 5.82 Å². The van der Waals surface area contributed by atoms with Crippen molar-refractivity contribution in [3.8, 4) is 5.69 Å². The lowest BCUT2D eigenvalue weighted by atomic mass is 10.1. The molecule has 1 aromatic carbocycles. The van der Waals surface area contributed by atoms with Crippen molar-refractivity contribution in [1.29, 1.82) is 0 Å². The highest BCUT2D eigenvalue weighted by atomic mass is 15.4. The summed E-state index contributed by atoms with van der Waals surface area (Å²) in [6.07, 6.45) is 4.41. The monoisotopic (exact) mass is 239 g/mol. The van der Waals surface area contributed by atoms with Gasteiger partial charge >= 0.3 is 0 Å². The summed E-state index contributed by atoms with van der Waals surface area (Å²) >= 11 is 0. The lowest BCUT2D eigenvalue weighted by Crippen LogP contribution is -2.03. The van der Waals surface area contributed by atoms with Gasteiger partial charge in [0, 0.05) is 23.2 Å². The van der Waals surface area contributed by atoms with Gasteiger partial charge < -0.3 is 5.73 Å². The van der Waals surface area contributed by atoms with Crippen LogP contribution in [0.2, 0.25) is 0 Å². The zero-order valence-electron chi connectivity index (χ0n) is 10.0. The molecule has 0 atom stereocenters. The van der Waals surface area contributed by atoms with Crippen LogP contribution in [0.3, 0.4) is 0 Å². The van der Waals surface area contributed by atoms with E-state index in [9.17, 15) is 0 Å². The Labute approximate surface area is 104 Å². The number of aromatic nitrogens is 4. The number of benzene rings is 1. The topological polar surface area (TPSA) is 69.6 Å². The molecule has 0 aliphatic rings. The number of nitrogen functional groups attached to an aromatic ring is 1. The zero-order valence-corrected chi connectivity index (χ0v) is 10.0. The van der Waals surface area contributed by atoms with Gasteiger partial charge in [0.2, 0.25) is 0 Å². The van der Waals surface area contributed by atoms with E-state index in [0.717, 1.165) is 28.6 Å². The molecule has 3 rings (SSSR count). The Morgan fingerprint density at radius 2 is 2.17 bits per heavy atom. The van der Waals surface area contributed by atoms with Gasteiger partial charge in [0.25, 0.3) is 0 Å². The molecule has 0 unspecified atom stereocenters. The quantitative estimate of drug-likeness (QED) is 0.742. The van der Waals surface area contributed by atoms with Crippen LogP contribution in [0.5, 0.6) is 0 Å². The first kappa shape index (κ1) is 10.7. The van der Waals surface area contributed by atoms with Crippen LogP contribution >= 0.6 is 0 Å². The predicted octanol–water partition coefficient (Wildman–Crippen LogP) is 1.96. The third kappa shape index (κ3) is 1.52. The van der Waals surface area contributed by atoms with Crippen molar-refractivity contribution in [3.05, 3.63) is 42.4 Å². The molecule has 90 valence electrons. The molecule has 2 aromatic heterocycles. The number of nitrogens with zero attached hydrogens (tertiary/aromatic N) is 4. The van der Waals surface area contributed by atoms with E-state index in [4.69, 9.17) is 5.73 Å². The van der Waals surface area contributed by atoms with Crippen molar-refractivity contribution in [3.63, 3.8) is 0 Å². The zero-order chi connectivity index (χ0) is 12.5. The van der Waals surface area contributed by atoms with Crippen molar-refractivity contribution in [2.24, 2.45) is 0 Å². The van der Waals surface area contributed by atoms with Crippen LogP contribution in [-0.4, -0.2) is 20.0 Å². The molecule has 0 radical (unpaired) electrons. The molecule has 0 saturated carbocycles. The smallest absolute Gasteiger partial charge is 0.169 e. The second kappa shape index (κ2) is 4.10. The highest BCUT2D eigenvalue weighted by Crippen LogP contribution is 2.23. The molecular formula is C13H13N5. The number of hydrogen-bond acceptors (Lipinski definition) is 4. The minimum Gasteiger partial charge on any atom is -0.381 e. The molecule has 0 fully saturated rings. The maximum Gasteiger partial charge on any atom is 0.169 e. The summed E-state index contributed by atoms with van der Waals surface area (Å²) in [5.41, 5.74) is 7.74. The fourth-order valence-corrected chi connectivity index (χ4v) is 2.13. The average Bonchev–Trinajstić information content (AvgIpc) is 2.79. The SMILES string of the molecule is CCc1c(N)nnn1-c1cccc2cnccc12. The molecule has 0 aliphatic carbocycles. The number of anilines is 1. The van der Waals surface area contributed by atoms with Gasteiger partial charge in [0.1, 0.15) is 0 Å². The molecule has 0 spiro atoms. The van der Waals surface area contributed by atoms with E-state index in [1.807, 2.05) is 37.4 Å². The maximum atomic E-state index is 5.83. The van der Waals surface area contributed by atoms with Crippen LogP contribution in [0.25, 0.3) is 16.5 Å². The number of fused-ring (bicyclic) bond motifs is 1. The van der Waals surface area contributed by atoms with Gasteiger partial charge in [-0.1, -0.05) is 24.3 Å². The van der Waals surface area contributed by atoms with Crippen LogP contribution in [0.15, 0.2) is 36.7 Å². The van der Waals surface area contributed by atoms with Gasteiger partial charge in [-0.05, 0) is 18.6 Å². The molecule has 18 heavy (non-hydrogen) atoms. The second-order valence-corrected chi connectivity index (χ2v) is 4.06. The highest BCUT2D eigenvalue weighted by molar-refractivity contribution is 5.89. The summed E-state index contributed by atoms with van der Waals surface area (Å²) < 4.78 is 1.80. The van der Waals surface area contributed by atoms with E-state index in [1.165, 1.54) is 0 Å². The first-order valence-corrected chi connectivity index (χ1v) is 5.84. The van der Waals surface area contributed by atoms with Crippen LogP contribution in [-0.2, 0) is 6.42 Å². The Morgan fingerprint density at radius 1 is 1.28 bits per heavy atom. The highest BCUT2D eigenvalue weighted by Gasteiger charge is 2.11. The third-order valence-electron chi connectivity index (χ3n) is 3.01. The predicted molar refractivity (Wildman–Crippen MR) is 70.5 cm³/mol. The Hall–Kier alpha value is -2.43. The Balaban J connectivity index is 2.31. The number of pyridine rings is 1. The van der Waals surface area contributed by atoms with Crippen molar-refractivity contribution in [2.45, 2.75) is 13.3 Å². The summed E-state index contributed by atoms with van der Waals surface area (Å²) in [6, 6.07) is 7.99. The first-order chi connectivity index (χ1) is 8.81. The normalized spacial score (nSPS) is 10.9. The van der Waals surface area contributed by atoms with Gasteiger partial charge in [-0.15, -0.1) is 5.10 Å². The standard InChI is InChI=1S/C13H13N5/c1-2-11-13(14)16-17-18(11)12-5-3-4-9-8-15-7-6-10(9)12/h3-8H,2,14H2,1H3. The lowest BCUT2D eigenvalue weighted by Gasteiger charge is -2.08. The number of rotatable bonds is 2. The summed E-state index contributed by atoms with van der Waals surface area (Å²) in [5, 5.41) is 10.2. The van der Waals surface area contributed by atoms with Crippen LogP contribution < -0.4 is 5.73 Å². The molecule has 0 saturated heterocycles. The van der Waals surface area contributed by atoms with E-state index in [1.54, 1.807) is 10.9 Å². The molecule has 2 N–H and O–H groups in total. The average molecular weight is 239 g/mol. The van der Waals surface area contributed by atoms with E-state index < -0.39 is 0 Å². The van der Waals surface area contributed by atoms with Gasteiger partial charge in [-0.25, -0.2) is 4.68 Å². The maximum absolute atomic E-state index is 5.83. The largest absolute Gasteiger partial charge is 0.381 e. The summed E-state index contributed by atoms with van der Waals surface area (Å²) in [7, 11) is 0. The molecule has 0 aliphatic heterocycles. The first-order valence-electron chi connectivity index (χ1n) is 5.84. The van der Waals surface area contributed by atoms with Gasteiger partial charge in [-0.3, -0.25) is 4.98 Å². The van der Waals surface area contributed by atoms with Crippen molar-refractivity contribution in [1.82, 2.24) is 20.0 Å². The molecule has 0 bridgehead atoms. The van der Waals surface area contributed by atoms with Crippen molar-refractivity contribution >= 4 is 16.6 Å². The van der Waals surface area contributed by atoms with Crippen molar-refractivity contribution < 1.29 is 0 Å². The summed E-state index contributed by atoms with van der Waals surface area (Å²) in [4.78, 5) is 4.13.